The van der Waals surface area contributed by atoms with Gasteiger partial charge in [-0.1, -0.05) is 65.8 Å². The summed E-state index contributed by atoms with van der Waals surface area (Å²) in [4.78, 5) is 0. The third-order valence-corrected chi connectivity index (χ3v) is 3.54. The molecule has 0 fully saturated rings. The van der Waals surface area contributed by atoms with Crippen molar-refractivity contribution in [3.8, 4) is 0 Å². The molecule has 0 amide bonds. The molecule has 0 radical (unpaired) electrons. The van der Waals surface area contributed by atoms with E-state index in [0.717, 1.165) is 11.1 Å². The molecule has 0 saturated carbocycles. The van der Waals surface area contributed by atoms with Gasteiger partial charge in [0.15, 0.2) is 0 Å². The number of nitrogens with zero attached hydrogens (tertiary/aromatic N) is 4. The van der Waals surface area contributed by atoms with Gasteiger partial charge in [0.1, 0.15) is 6.20 Å². The van der Waals surface area contributed by atoms with Crippen LogP contribution in [0.3, 0.4) is 0 Å². The lowest BCUT2D eigenvalue weighted by atomic mass is 10.2. The molecule has 6 heteroatoms. The zero-order chi connectivity index (χ0) is 16.0. The van der Waals surface area contributed by atoms with E-state index in [2.05, 4.69) is 10.2 Å². The van der Waals surface area contributed by atoms with E-state index in [1.807, 2.05) is 73.1 Å². The molecule has 2 aromatic rings. The Morgan fingerprint density at radius 2 is 1.54 bits per heavy atom. The molecule has 3 rings (SSSR count). The molecule has 0 aromatic heterocycles. The van der Waals surface area contributed by atoms with Crippen molar-refractivity contribution in [1.29, 1.82) is 0 Å². The highest BCUT2D eigenvalue weighted by Gasteiger charge is 2.31. The van der Waals surface area contributed by atoms with Gasteiger partial charge in [-0.3, -0.25) is 0 Å². The number of quaternary nitrogens is 1. The predicted octanol–water partition coefficient (Wildman–Crippen LogP) is -0.430. The maximum absolute atomic E-state index is 9.73. The Morgan fingerprint density at radius 3 is 2.12 bits per heavy atom. The van der Waals surface area contributed by atoms with Crippen molar-refractivity contribution < 1.29 is 22.1 Å². The molecule has 0 spiro atoms. The number of aliphatic hydroxyl groups excluding tert-OH is 1. The average Bonchev–Trinajstić information content (AvgIpc) is 3.04. The average molecular weight is 343 g/mol. The van der Waals surface area contributed by atoms with Crippen LogP contribution in [0.5, 0.6) is 0 Å². The van der Waals surface area contributed by atoms with Crippen molar-refractivity contribution >= 4 is 12.4 Å². The van der Waals surface area contributed by atoms with E-state index in [1.165, 1.54) is 0 Å². The largest absolute Gasteiger partial charge is 1.00 e. The van der Waals surface area contributed by atoms with Gasteiger partial charge in [-0.15, -0.1) is 4.59 Å². The third kappa shape index (κ3) is 4.52. The fourth-order valence-corrected chi connectivity index (χ4v) is 2.23. The second kappa shape index (κ2) is 8.40. The minimum absolute atomic E-state index is 0. The number of halogens is 1. The van der Waals surface area contributed by atoms with Crippen LogP contribution in [0.15, 0.2) is 83.3 Å². The van der Waals surface area contributed by atoms with Crippen molar-refractivity contribution in [2.75, 3.05) is 13.4 Å². The number of aliphatic hydroxyl groups is 1. The molecular formula is C18H19ClN4O. The first-order valence-electron chi connectivity index (χ1n) is 7.43. The van der Waals surface area contributed by atoms with Crippen molar-refractivity contribution in [3.63, 3.8) is 0 Å². The zero-order valence-electron chi connectivity index (χ0n) is 13.1. The Morgan fingerprint density at radius 1 is 0.958 bits per heavy atom. The molecule has 1 aliphatic rings. The van der Waals surface area contributed by atoms with E-state index in [1.54, 1.807) is 17.4 Å². The number of hydrogen-bond acceptors (Lipinski definition) is 4. The molecule has 1 unspecified atom stereocenters. The summed E-state index contributed by atoms with van der Waals surface area (Å²) in [7, 11) is 0. The van der Waals surface area contributed by atoms with E-state index >= 15 is 0 Å². The minimum atomic E-state index is -0.114. The van der Waals surface area contributed by atoms with Crippen LogP contribution >= 0.6 is 0 Å². The molecule has 0 bridgehead atoms. The summed E-state index contributed by atoms with van der Waals surface area (Å²) in [6.07, 6.45) is 7.23. The molecule has 24 heavy (non-hydrogen) atoms. The molecule has 0 aliphatic carbocycles. The van der Waals surface area contributed by atoms with Crippen LogP contribution in [0, 0.1) is 0 Å². The Bertz CT molecular complexity index is 718. The van der Waals surface area contributed by atoms with E-state index in [0.29, 0.717) is 6.67 Å². The maximum atomic E-state index is 9.73. The molecule has 1 aliphatic heterocycles. The molecule has 124 valence electrons. The van der Waals surface area contributed by atoms with Gasteiger partial charge in [0.2, 0.25) is 13.4 Å². The van der Waals surface area contributed by atoms with Crippen LogP contribution in [0.2, 0.25) is 0 Å². The van der Waals surface area contributed by atoms with Gasteiger partial charge in [0.05, 0.1) is 18.6 Å². The van der Waals surface area contributed by atoms with Crippen molar-refractivity contribution in [1.82, 2.24) is 5.01 Å². The number of benzene rings is 2. The van der Waals surface area contributed by atoms with Crippen molar-refractivity contribution in [3.05, 3.63) is 84.2 Å². The fraction of sp³-hybridized carbons (Fsp3) is 0.111. The van der Waals surface area contributed by atoms with Crippen LogP contribution in [0.25, 0.3) is 0 Å². The molecule has 1 heterocycles. The van der Waals surface area contributed by atoms with E-state index in [4.69, 9.17) is 0 Å². The van der Waals surface area contributed by atoms with Gasteiger partial charge >= 0.3 is 0 Å². The van der Waals surface area contributed by atoms with Crippen LogP contribution in [-0.4, -0.2) is 40.5 Å². The second-order valence-corrected chi connectivity index (χ2v) is 5.32. The molecule has 2 aromatic carbocycles. The minimum Gasteiger partial charge on any atom is -1.00 e. The topological polar surface area (TPSA) is 48.2 Å². The van der Waals surface area contributed by atoms with Gasteiger partial charge < -0.3 is 17.5 Å². The summed E-state index contributed by atoms with van der Waals surface area (Å²) in [5, 5.41) is 20.4. The predicted molar refractivity (Wildman–Crippen MR) is 91.3 cm³/mol. The van der Waals surface area contributed by atoms with Crippen LogP contribution in [-0.2, 0) is 0 Å². The van der Waals surface area contributed by atoms with Gasteiger partial charge in [-0.25, -0.2) is 5.01 Å². The molecule has 5 nitrogen and oxygen atoms in total. The van der Waals surface area contributed by atoms with Crippen molar-refractivity contribution in [2.45, 2.75) is 0 Å². The van der Waals surface area contributed by atoms with E-state index in [9.17, 15) is 5.11 Å². The van der Waals surface area contributed by atoms with E-state index in [-0.39, 0.29) is 23.7 Å². The smallest absolute Gasteiger partial charge is 0.210 e. The highest BCUT2D eigenvalue weighted by molar-refractivity contribution is 5.79. The SMILES string of the molecule is OC[N+]1(N=Cc2ccccc2)C=CN(N=Cc2ccccc2)C1.[Cl-]. The van der Waals surface area contributed by atoms with Gasteiger partial charge in [0, 0.05) is 0 Å². The lowest BCUT2D eigenvalue weighted by Gasteiger charge is -2.22. The van der Waals surface area contributed by atoms with Crippen LogP contribution in [0.4, 0.5) is 0 Å². The maximum Gasteiger partial charge on any atom is 0.210 e. The number of rotatable bonds is 5. The summed E-state index contributed by atoms with van der Waals surface area (Å²) in [5.74, 6) is 0. The molecule has 1 atom stereocenters. The lowest BCUT2D eigenvalue weighted by Crippen LogP contribution is -3.00. The Hall–Kier alpha value is -2.47. The van der Waals surface area contributed by atoms with E-state index < -0.39 is 0 Å². The van der Waals surface area contributed by atoms with Gasteiger partial charge in [-0.2, -0.15) is 5.10 Å². The number of hydrazone groups is 1. The molecular weight excluding hydrogens is 324 g/mol. The summed E-state index contributed by atoms with van der Waals surface area (Å²) < 4.78 is 0.0843. The third-order valence-electron chi connectivity index (χ3n) is 3.54. The first kappa shape index (κ1) is 17.9. The number of hydrogen-bond donors (Lipinski definition) is 1. The Labute approximate surface area is 147 Å². The molecule has 0 saturated heterocycles. The van der Waals surface area contributed by atoms with Crippen LogP contribution in [0.1, 0.15) is 11.1 Å². The van der Waals surface area contributed by atoms with Crippen molar-refractivity contribution in [2.24, 2.45) is 10.2 Å². The highest BCUT2D eigenvalue weighted by Crippen LogP contribution is 2.18. The standard InChI is InChI=1S/C18H19N4O.ClH/c23-16-22(20-14-18-9-5-2-6-10-18)12-11-21(15-22)19-13-17-7-3-1-4-8-17;/h1-14,23H,15-16H2;1H/q+1;/p-1. The summed E-state index contributed by atoms with van der Waals surface area (Å²) in [6, 6.07) is 19.7. The second-order valence-electron chi connectivity index (χ2n) is 5.32. The Kier molecular flexibility index (Phi) is 6.26. The summed E-state index contributed by atoms with van der Waals surface area (Å²) in [6.45, 7) is 0.348. The normalized spacial score (nSPS) is 20.0. The lowest BCUT2D eigenvalue weighted by molar-refractivity contribution is -0.906. The van der Waals surface area contributed by atoms with Gasteiger partial charge in [0.25, 0.3) is 0 Å². The van der Waals surface area contributed by atoms with Gasteiger partial charge in [-0.05, 0) is 11.1 Å². The summed E-state index contributed by atoms with van der Waals surface area (Å²) in [5.41, 5.74) is 2.03. The first-order valence-corrected chi connectivity index (χ1v) is 7.43. The Balaban J connectivity index is 0.00000208. The summed E-state index contributed by atoms with van der Waals surface area (Å²) >= 11 is 0. The zero-order valence-corrected chi connectivity index (χ0v) is 13.9. The highest BCUT2D eigenvalue weighted by atomic mass is 35.5. The quantitative estimate of drug-likeness (QED) is 0.592. The molecule has 1 N–H and O–H groups in total. The monoisotopic (exact) mass is 342 g/mol. The fourth-order valence-electron chi connectivity index (χ4n) is 2.23. The van der Waals surface area contributed by atoms with Crippen LogP contribution < -0.4 is 12.4 Å². The first-order chi connectivity index (χ1) is 11.3.